The van der Waals surface area contributed by atoms with Crippen LogP contribution in [0.4, 0.5) is 18.9 Å². The first-order valence-electron chi connectivity index (χ1n) is 13.3. The highest BCUT2D eigenvalue weighted by atomic mass is 79.9. The standard InChI is InChI=1S/C30H29BrF3N5O2/c1-3-38-10-12-39(13-11-38)17-21-6-8-23(16-25(21)30(32,33)34)37-28(40)20-5-4-19(2)27(14-20)41-29-24-9-7-22(31)15-26(24)35-18-36-29/h4-9,14-16,18H,3,10-13,17H2,1-2H3,(H,37,40). The van der Waals surface area contributed by atoms with Gasteiger partial charge >= 0.3 is 6.18 Å². The third-order valence-corrected chi connectivity index (χ3v) is 7.69. The molecule has 0 spiro atoms. The summed E-state index contributed by atoms with van der Waals surface area (Å²) < 4.78 is 49.0. The predicted molar refractivity (Wildman–Crippen MR) is 155 cm³/mol. The van der Waals surface area contributed by atoms with Gasteiger partial charge in [-0.05, 0) is 67.1 Å². The normalized spacial score (nSPS) is 14.8. The van der Waals surface area contributed by atoms with Crippen LogP contribution in [0.15, 0.2) is 65.4 Å². The number of hydrogen-bond donors (Lipinski definition) is 1. The van der Waals surface area contributed by atoms with Gasteiger partial charge in [0.2, 0.25) is 5.88 Å². The maximum absolute atomic E-state index is 14.0. The first-order chi connectivity index (χ1) is 19.6. The first-order valence-corrected chi connectivity index (χ1v) is 14.0. The molecule has 7 nitrogen and oxygen atoms in total. The van der Waals surface area contributed by atoms with Crippen molar-refractivity contribution in [3.63, 3.8) is 0 Å². The Balaban J connectivity index is 1.34. The molecule has 1 aliphatic heterocycles. The number of carbonyl (C=O) groups is 1. The number of carbonyl (C=O) groups excluding carboxylic acids is 1. The third kappa shape index (κ3) is 6.86. The lowest BCUT2D eigenvalue weighted by Gasteiger charge is -2.34. The van der Waals surface area contributed by atoms with Crippen molar-refractivity contribution in [2.75, 3.05) is 38.0 Å². The Morgan fingerprint density at radius 2 is 1.76 bits per heavy atom. The molecule has 1 aliphatic rings. The number of anilines is 1. The molecule has 0 radical (unpaired) electrons. The van der Waals surface area contributed by atoms with E-state index in [0.29, 0.717) is 35.6 Å². The van der Waals surface area contributed by atoms with Crippen molar-refractivity contribution in [3.8, 4) is 11.6 Å². The van der Waals surface area contributed by atoms with E-state index in [-0.39, 0.29) is 23.4 Å². The molecule has 3 aromatic carbocycles. The van der Waals surface area contributed by atoms with E-state index in [2.05, 4.69) is 43.0 Å². The molecule has 1 N–H and O–H groups in total. The summed E-state index contributed by atoms with van der Waals surface area (Å²) in [7, 11) is 0. The molecule has 0 unspecified atom stereocenters. The maximum atomic E-state index is 14.0. The topological polar surface area (TPSA) is 70.6 Å². The molecule has 4 aromatic rings. The molecule has 1 aromatic heterocycles. The first kappa shape index (κ1) is 29.0. The molecule has 0 bridgehead atoms. The number of benzene rings is 3. The summed E-state index contributed by atoms with van der Waals surface area (Å²) in [5.41, 5.74) is 1.19. The second-order valence-electron chi connectivity index (χ2n) is 9.96. The highest BCUT2D eigenvalue weighted by molar-refractivity contribution is 9.10. The highest BCUT2D eigenvalue weighted by Crippen LogP contribution is 2.35. The molecule has 1 amide bonds. The molecule has 0 atom stereocenters. The zero-order valence-corrected chi connectivity index (χ0v) is 24.2. The number of piperazine rings is 1. The Bertz CT molecular complexity index is 1570. The van der Waals surface area contributed by atoms with E-state index in [0.717, 1.165) is 35.7 Å². The number of nitrogens with zero attached hydrogens (tertiary/aromatic N) is 4. The van der Waals surface area contributed by atoms with E-state index in [4.69, 9.17) is 4.74 Å². The zero-order chi connectivity index (χ0) is 29.1. The molecule has 41 heavy (non-hydrogen) atoms. The van der Waals surface area contributed by atoms with Crippen LogP contribution in [0.5, 0.6) is 11.6 Å². The monoisotopic (exact) mass is 627 g/mol. The summed E-state index contributed by atoms with van der Waals surface area (Å²) in [6.07, 6.45) is -3.16. The Morgan fingerprint density at radius 3 is 2.49 bits per heavy atom. The molecule has 2 heterocycles. The minimum Gasteiger partial charge on any atom is -0.438 e. The van der Waals surface area contributed by atoms with Crippen LogP contribution in [0.25, 0.3) is 10.9 Å². The van der Waals surface area contributed by atoms with Gasteiger partial charge in [-0.1, -0.05) is 35.0 Å². The summed E-state index contributed by atoms with van der Waals surface area (Å²) in [5, 5.41) is 3.31. The third-order valence-electron chi connectivity index (χ3n) is 7.20. The molecule has 0 saturated carbocycles. The number of rotatable bonds is 7. The number of amides is 1. The van der Waals surface area contributed by atoms with Crippen molar-refractivity contribution < 1.29 is 22.7 Å². The molecule has 214 valence electrons. The van der Waals surface area contributed by atoms with E-state index in [1.54, 1.807) is 18.2 Å². The van der Waals surface area contributed by atoms with Gasteiger partial charge in [-0.15, -0.1) is 0 Å². The fraction of sp³-hybridized carbons (Fsp3) is 0.300. The van der Waals surface area contributed by atoms with Gasteiger partial charge in [-0.25, -0.2) is 9.97 Å². The molecule has 0 aliphatic carbocycles. The van der Waals surface area contributed by atoms with Crippen LogP contribution in [0.3, 0.4) is 0 Å². The number of nitrogens with one attached hydrogen (secondary N) is 1. The van der Waals surface area contributed by atoms with Gasteiger partial charge in [0, 0.05) is 48.4 Å². The van der Waals surface area contributed by atoms with Crippen LogP contribution in [0, 0.1) is 6.92 Å². The number of alkyl halides is 3. The van der Waals surface area contributed by atoms with Crippen molar-refractivity contribution in [3.05, 3.63) is 87.7 Å². The number of hydrogen-bond acceptors (Lipinski definition) is 6. The largest absolute Gasteiger partial charge is 0.438 e. The average molecular weight is 628 g/mol. The minimum absolute atomic E-state index is 0.0669. The smallest absolute Gasteiger partial charge is 0.416 e. The van der Waals surface area contributed by atoms with Crippen LogP contribution in [0.1, 0.15) is 34.0 Å². The number of halogens is 4. The lowest BCUT2D eigenvalue weighted by Crippen LogP contribution is -2.45. The molecule has 5 rings (SSSR count). The van der Waals surface area contributed by atoms with Gasteiger partial charge in [0.25, 0.3) is 5.91 Å². The molecule has 11 heteroatoms. The van der Waals surface area contributed by atoms with Crippen LogP contribution >= 0.6 is 15.9 Å². The van der Waals surface area contributed by atoms with Gasteiger partial charge in [-0.3, -0.25) is 9.69 Å². The van der Waals surface area contributed by atoms with Crippen LogP contribution in [-0.2, 0) is 12.7 Å². The summed E-state index contributed by atoms with van der Waals surface area (Å²) in [5.74, 6) is 0.169. The van der Waals surface area contributed by atoms with Gasteiger partial charge in [-0.2, -0.15) is 13.2 Å². The van der Waals surface area contributed by atoms with E-state index in [1.807, 2.05) is 30.0 Å². The Kier molecular flexibility index (Phi) is 8.58. The van der Waals surface area contributed by atoms with E-state index < -0.39 is 17.6 Å². The van der Waals surface area contributed by atoms with Gasteiger partial charge in [0.05, 0.1) is 16.5 Å². The second-order valence-corrected chi connectivity index (χ2v) is 10.9. The van der Waals surface area contributed by atoms with Crippen molar-refractivity contribution in [1.82, 2.24) is 19.8 Å². The molecular formula is C30H29BrF3N5O2. The Hall–Kier alpha value is -3.54. The number of aromatic nitrogens is 2. The second kappa shape index (κ2) is 12.1. The van der Waals surface area contributed by atoms with Crippen molar-refractivity contribution in [1.29, 1.82) is 0 Å². The van der Waals surface area contributed by atoms with Crippen LogP contribution < -0.4 is 10.1 Å². The van der Waals surface area contributed by atoms with Gasteiger partial charge in [0.15, 0.2) is 0 Å². The van der Waals surface area contributed by atoms with Crippen LogP contribution in [0.2, 0.25) is 0 Å². The van der Waals surface area contributed by atoms with Crippen LogP contribution in [-0.4, -0.2) is 58.4 Å². The fourth-order valence-electron chi connectivity index (χ4n) is 4.81. The summed E-state index contributed by atoms with van der Waals surface area (Å²) in [6.45, 7) is 8.13. The average Bonchev–Trinajstić information content (AvgIpc) is 2.94. The Labute approximate surface area is 244 Å². The zero-order valence-electron chi connectivity index (χ0n) is 22.6. The molecule has 1 saturated heterocycles. The number of aryl methyl sites for hydroxylation is 1. The minimum atomic E-state index is -4.55. The lowest BCUT2D eigenvalue weighted by atomic mass is 10.0. The van der Waals surface area contributed by atoms with E-state index in [1.165, 1.54) is 18.5 Å². The summed E-state index contributed by atoms with van der Waals surface area (Å²) in [4.78, 5) is 25.9. The number of fused-ring (bicyclic) bond motifs is 1. The van der Waals surface area contributed by atoms with Crippen molar-refractivity contribution in [2.24, 2.45) is 0 Å². The van der Waals surface area contributed by atoms with Gasteiger partial charge in [0.1, 0.15) is 12.1 Å². The van der Waals surface area contributed by atoms with E-state index in [9.17, 15) is 18.0 Å². The number of ether oxygens (including phenoxy) is 1. The highest BCUT2D eigenvalue weighted by Gasteiger charge is 2.34. The SMILES string of the molecule is CCN1CCN(Cc2ccc(NC(=O)c3ccc(C)c(Oc4ncnc5cc(Br)ccc45)c3)cc2C(F)(F)F)CC1. The Morgan fingerprint density at radius 1 is 1.00 bits per heavy atom. The van der Waals surface area contributed by atoms with Crippen molar-refractivity contribution in [2.45, 2.75) is 26.6 Å². The number of likely N-dealkylation sites (N-methyl/N-ethyl adjacent to an activating group) is 1. The fourth-order valence-corrected chi connectivity index (χ4v) is 5.16. The van der Waals surface area contributed by atoms with Gasteiger partial charge < -0.3 is 15.0 Å². The quantitative estimate of drug-likeness (QED) is 0.240. The predicted octanol–water partition coefficient (Wildman–Crippen LogP) is 6.90. The van der Waals surface area contributed by atoms with E-state index >= 15 is 0 Å². The molecule has 1 fully saturated rings. The summed E-state index contributed by atoms with van der Waals surface area (Å²) in [6, 6.07) is 14.4. The van der Waals surface area contributed by atoms with Crippen molar-refractivity contribution >= 4 is 38.4 Å². The summed E-state index contributed by atoms with van der Waals surface area (Å²) >= 11 is 3.42. The maximum Gasteiger partial charge on any atom is 0.416 e. The molecular weight excluding hydrogens is 599 g/mol. The lowest BCUT2D eigenvalue weighted by molar-refractivity contribution is -0.138.